The molecule has 1 rings (SSSR count). The SMILES string of the molecule is CCc1c(C)nc(C)n(CC(N)CC)c1=O. The molecule has 0 aromatic carbocycles. The standard InChI is InChI=1S/C12H21N3O/c1-5-10(13)7-15-9(4)14-8(3)11(6-2)12(15)16/h10H,5-7,13H2,1-4H3. The highest BCUT2D eigenvalue weighted by Gasteiger charge is 2.11. The average Bonchev–Trinajstić information content (AvgIpc) is 2.24. The molecule has 0 saturated carbocycles. The minimum absolute atomic E-state index is 0.0191. The van der Waals surface area contributed by atoms with Crippen molar-refractivity contribution in [3.63, 3.8) is 0 Å². The van der Waals surface area contributed by atoms with E-state index < -0.39 is 0 Å². The van der Waals surface area contributed by atoms with Crippen molar-refractivity contribution in [3.8, 4) is 0 Å². The molecule has 0 aliphatic rings. The van der Waals surface area contributed by atoms with Gasteiger partial charge in [-0.15, -0.1) is 0 Å². The fourth-order valence-electron chi connectivity index (χ4n) is 1.82. The molecule has 4 heteroatoms. The Morgan fingerprint density at radius 1 is 1.38 bits per heavy atom. The summed E-state index contributed by atoms with van der Waals surface area (Å²) in [5, 5.41) is 0. The van der Waals surface area contributed by atoms with Gasteiger partial charge in [0.25, 0.3) is 5.56 Å². The Hall–Kier alpha value is -1.16. The zero-order valence-electron chi connectivity index (χ0n) is 10.6. The third kappa shape index (κ3) is 2.50. The summed E-state index contributed by atoms with van der Waals surface area (Å²) in [5.74, 6) is 0.753. The molecule has 0 fully saturated rings. The molecule has 90 valence electrons. The second-order valence-corrected chi connectivity index (χ2v) is 4.16. The van der Waals surface area contributed by atoms with Crippen LogP contribution in [0.3, 0.4) is 0 Å². The van der Waals surface area contributed by atoms with Crippen molar-refractivity contribution >= 4 is 0 Å². The minimum atomic E-state index is 0.0191. The summed E-state index contributed by atoms with van der Waals surface area (Å²) >= 11 is 0. The lowest BCUT2D eigenvalue weighted by Crippen LogP contribution is -2.35. The van der Waals surface area contributed by atoms with Gasteiger partial charge in [-0.2, -0.15) is 0 Å². The molecule has 1 heterocycles. The Kier molecular flexibility index (Phi) is 4.24. The summed E-state index contributed by atoms with van der Waals surface area (Å²) < 4.78 is 1.69. The maximum atomic E-state index is 12.2. The van der Waals surface area contributed by atoms with Gasteiger partial charge in [-0.3, -0.25) is 9.36 Å². The summed E-state index contributed by atoms with van der Waals surface area (Å²) in [6.07, 6.45) is 1.58. The van der Waals surface area contributed by atoms with E-state index in [0.717, 1.165) is 29.9 Å². The maximum Gasteiger partial charge on any atom is 0.256 e. The van der Waals surface area contributed by atoms with Gasteiger partial charge in [0, 0.05) is 23.8 Å². The lowest BCUT2D eigenvalue weighted by molar-refractivity contribution is 0.506. The van der Waals surface area contributed by atoms with Crippen molar-refractivity contribution in [2.24, 2.45) is 5.73 Å². The third-order valence-corrected chi connectivity index (χ3v) is 2.96. The largest absolute Gasteiger partial charge is 0.326 e. The number of nitrogens with two attached hydrogens (primary N) is 1. The predicted octanol–water partition coefficient (Wildman–Crippen LogP) is 1.16. The van der Waals surface area contributed by atoms with Crippen LogP contribution in [0.25, 0.3) is 0 Å². The summed E-state index contributed by atoms with van der Waals surface area (Å²) in [5.41, 5.74) is 7.59. The highest BCUT2D eigenvalue weighted by atomic mass is 16.1. The molecule has 4 nitrogen and oxygen atoms in total. The second kappa shape index (κ2) is 5.25. The van der Waals surface area contributed by atoms with Crippen LogP contribution in [0.1, 0.15) is 37.4 Å². The molecule has 1 aromatic rings. The zero-order chi connectivity index (χ0) is 12.3. The Labute approximate surface area is 96.5 Å². The smallest absolute Gasteiger partial charge is 0.256 e. The highest BCUT2D eigenvalue weighted by molar-refractivity contribution is 5.17. The van der Waals surface area contributed by atoms with Crippen LogP contribution in [0.2, 0.25) is 0 Å². The summed E-state index contributed by atoms with van der Waals surface area (Å²) in [6, 6.07) is 0.0191. The first kappa shape index (κ1) is 12.9. The topological polar surface area (TPSA) is 60.9 Å². The molecule has 0 aliphatic heterocycles. The number of aromatic nitrogens is 2. The van der Waals surface area contributed by atoms with Gasteiger partial charge in [0.2, 0.25) is 0 Å². The molecule has 0 amide bonds. The summed E-state index contributed by atoms with van der Waals surface area (Å²) in [6.45, 7) is 8.30. The molecule has 1 aromatic heterocycles. The van der Waals surface area contributed by atoms with Gasteiger partial charge in [-0.05, 0) is 26.7 Å². The van der Waals surface area contributed by atoms with Crippen molar-refractivity contribution < 1.29 is 0 Å². The van der Waals surface area contributed by atoms with Crippen LogP contribution < -0.4 is 11.3 Å². The molecular formula is C12H21N3O. The Morgan fingerprint density at radius 3 is 2.50 bits per heavy atom. The van der Waals surface area contributed by atoms with Crippen molar-refractivity contribution in [1.29, 1.82) is 0 Å². The van der Waals surface area contributed by atoms with Gasteiger partial charge in [-0.1, -0.05) is 13.8 Å². The molecule has 1 unspecified atom stereocenters. The quantitative estimate of drug-likeness (QED) is 0.833. The molecule has 1 atom stereocenters. The first-order valence-corrected chi connectivity index (χ1v) is 5.83. The van der Waals surface area contributed by atoms with Crippen molar-refractivity contribution in [3.05, 3.63) is 27.4 Å². The molecule has 0 saturated heterocycles. The van der Waals surface area contributed by atoms with Crippen LogP contribution in [-0.2, 0) is 13.0 Å². The van der Waals surface area contributed by atoms with Gasteiger partial charge in [0.1, 0.15) is 5.82 Å². The zero-order valence-corrected chi connectivity index (χ0v) is 10.6. The number of hydrogen-bond donors (Lipinski definition) is 1. The van der Waals surface area contributed by atoms with E-state index in [9.17, 15) is 4.79 Å². The second-order valence-electron chi connectivity index (χ2n) is 4.16. The predicted molar refractivity (Wildman–Crippen MR) is 65.6 cm³/mol. The van der Waals surface area contributed by atoms with Crippen LogP contribution in [0.15, 0.2) is 4.79 Å². The van der Waals surface area contributed by atoms with E-state index >= 15 is 0 Å². The van der Waals surface area contributed by atoms with E-state index in [1.54, 1.807) is 4.57 Å². The van der Waals surface area contributed by atoms with Crippen LogP contribution in [0.5, 0.6) is 0 Å². The molecule has 2 N–H and O–H groups in total. The number of nitrogens with zero attached hydrogens (tertiary/aromatic N) is 2. The minimum Gasteiger partial charge on any atom is -0.326 e. The van der Waals surface area contributed by atoms with Crippen molar-refractivity contribution in [2.45, 2.75) is 53.1 Å². The highest BCUT2D eigenvalue weighted by Crippen LogP contribution is 2.03. The van der Waals surface area contributed by atoms with E-state index in [2.05, 4.69) is 4.98 Å². The lowest BCUT2D eigenvalue weighted by Gasteiger charge is -2.16. The Balaban J connectivity index is 3.23. The fraction of sp³-hybridized carbons (Fsp3) is 0.667. The van der Waals surface area contributed by atoms with Crippen LogP contribution in [0, 0.1) is 13.8 Å². The van der Waals surface area contributed by atoms with Gasteiger partial charge in [0.05, 0.1) is 0 Å². The summed E-state index contributed by atoms with van der Waals surface area (Å²) in [7, 11) is 0. The molecule has 16 heavy (non-hydrogen) atoms. The lowest BCUT2D eigenvalue weighted by atomic mass is 10.1. The van der Waals surface area contributed by atoms with Crippen molar-refractivity contribution in [1.82, 2.24) is 9.55 Å². The monoisotopic (exact) mass is 223 g/mol. The normalized spacial score (nSPS) is 12.8. The number of hydrogen-bond acceptors (Lipinski definition) is 3. The molecular weight excluding hydrogens is 202 g/mol. The van der Waals surface area contributed by atoms with E-state index in [1.165, 1.54) is 0 Å². The van der Waals surface area contributed by atoms with Gasteiger partial charge >= 0.3 is 0 Å². The molecule has 0 radical (unpaired) electrons. The van der Waals surface area contributed by atoms with Gasteiger partial charge in [0.15, 0.2) is 0 Å². The van der Waals surface area contributed by atoms with Crippen molar-refractivity contribution in [2.75, 3.05) is 0 Å². The Bertz CT molecular complexity index is 423. The third-order valence-electron chi connectivity index (χ3n) is 2.96. The van der Waals surface area contributed by atoms with E-state index in [4.69, 9.17) is 5.73 Å². The molecule has 0 aliphatic carbocycles. The van der Waals surface area contributed by atoms with Crippen LogP contribution in [-0.4, -0.2) is 15.6 Å². The number of rotatable bonds is 4. The summed E-state index contributed by atoms with van der Waals surface area (Å²) in [4.78, 5) is 16.6. The average molecular weight is 223 g/mol. The van der Waals surface area contributed by atoms with Gasteiger partial charge < -0.3 is 5.73 Å². The molecule has 0 bridgehead atoms. The Morgan fingerprint density at radius 2 is 2.00 bits per heavy atom. The van der Waals surface area contributed by atoms with Gasteiger partial charge in [-0.25, -0.2) is 4.98 Å². The first-order valence-electron chi connectivity index (χ1n) is 5.83. The number of aryl methyl sites for hydroxylation is 2. The van der Waals surface area contributed by atoms with Crippen LogP contribution >= 0.6 is 0 Å². The fourth-order valence-corrected chi connectivity index (χ4v) is 1.82. The van der Waals surface area contributed by atoms with Crippen LogP contribution in [0.4, 0.5) is 0 Å². The van der Waals surface area contributed by atoms with E-state index in [-0.39, 0.29) is 11.6 Å². The maximum absolute atomic E-state index is 12.2. The van der Waals surface area contributed by atoms with E-state index in [1.807, 2.05) is 27.7 Å². The van der Waals surface area contributed by atoms with E-state index in [0.29, 0.717) is 6.54 Å². The molecule has 0 spiro atoms. The first-order chi connectivity index (χ1) is 7.51.